The highest BCUT2D eigenvalue weighted by Gasteiger charge is 2.37. The van der Waals surface area contributed by atoms with Crippen molar-refractivity contribution < 1.29 is 0 Å². The fourth-order valence-electron chi connectivity index (χ4n) is 3.29. The minimum absolute atomic E-state index is 0.437. The standard InChI is InChI=1S/C13H26N2/c1-3-15-10-6-7-12(11-15)13(2)8-4-5-9-14-13/h12,14H,3-11H2,1-2H3. The zero-order valence-corrected chi connectivity index (χ0v) is 10.4. The predicted octanol–water partition coefficient (Wildman–Crippen LogP) is 2.25. The van der Waals surface area contributed by atoms with Gasteiger partial charge in [0.15, 0.2) is 0 Å². The quantitative estimate of drug-likeness (QED) is 0.752. The van der Waals surface area contributed by atoms with Crippen LogP contribution in [0.3, 0.4) is 0 Å². The molecule has 2 aliphatic rings. The molecule has 0 aromatic carbocycles. The van der Waals surface area contributed by atoms with Crippen molar-refractivity contribution in [2.24, 2.45) is 5.92 Å². The second kappa shape index (κ2) is 4.84. The summed E-state index contributed by atoms with van der Waals surface area (Å²) in [5, 5.41) is 3.78. The van der Waals surface area contributed by atoms with Crippen LogP contribution in [0.15, 0.2) is 0 Å². The van der Waals surface area contributed by atoms with Gasteiger partial charge in [-0.05, 0) is 58.2 Å². The van der Waals surface area contributed by atoms with Crippen LogP contribution in [-0.2, 0) is 0 Å². The van der Waals surface area contributed by atoms with Crippen LogP contribution in [0.1, 0.15) is 46.0 Å². The second-order valence-corrected chi connectivity index (χ2v) is 5.53. The number of hydrogen-bond donors (Lipinski definition) is 1. The molecule has 2 heteroatoms. The van der Waals surface area contributed by atoms with Crippen molar-refractivity contribution in [1.82, 2.24) is 10.2 Å². The molecule has 1 N–H and O–H groups in total. The normalized spacial score (nSPS) is 39.2. The molecule has 15 heavy (non-hydrogen) atoms. The molecule has 2 saturated heterocycles. The zero-order valence-electron chi connectivity index (χ0n) is 10.4. The van der Waals surface area contributed by atoms with Crippen molar-refractivity contribution in [1.29, 1.82) is 0 Å². The third-order valence-electron chi connectivity index (χ3n) is 4.51. The van der Waals surface area contributed by atoms with E-state index in [1.54, 1.807) is 0 Å². The van der Waals surface area contributed by atoms with E-state index in [1.807, 2.05) is 0 Å². The minimum atomic E-state index is 0.437. The number of nitrogens with one attached hydrogen (secondary N) is 1. The Morgan fingerprint density at radius 2 is 2.20 bits per heavy atom. The summed E-state index contributed by atoms with van der Waals surface area (Å²) in [6, 6.07) is 0. The molecule has 2 atom stereocenters. The highest BCUT2D eigenvalue weighted by atomic mass is 15.1. The fraction of sp³-hybridized carbons (Fsp3) is 1.00. The summed E-state index contributed by atoms with van der Waals surface area (Å²) in [7, 11) is 0. The van der Waals surface area contributed by atoms with E-state index in [0.29, 0.717) is 5.54 Å². The average molecular weight is 210 g/mol. The predicted molar refractivity (Wildman–Crippen MR) is 65.1 cm³/mol. The van der Waals surface area contributed by atoms with Crippen LogP contribution < -0.4 is 5.32 Å². The molecule has 0 aromatic rings. The van der Waals surface area contributed by atoms with Gasteiger partial charge >= 0.3 is 0 Å². The molecule has 2 aliphatic heterocycles. The second-order valence-electron chi connectivity index (χ2n) is 5.53. The van der Waals surface area contributed by atoms with Gasteiger partial charge < -0.3 is 10.2 Å². The number of rotatable bonds is 2. The maximum absolute atomic E-state index is 3.78. The van der Waals surface area contributed by atoms with Crippen LogP contribution in [0, 0.1) is 5.92 Å². The minimum Gasteiger partial charge on any atom is -0.311 e. The van der Waals surface area contributed by atoms with Crippen molar-refractivity contribution in [3.8, 4) is 0 Å². The number of hydrogen-bond acceptors (Lipinski definition) is 2. The Balaban J connectivity index is 1.95. The molecule has 0 aliphatic carbocycles. The Morgan fingerprint density at radius 1 is 1.33 bits per heavy atom. The Hall–Kier alpha value is -0.0800. The van der Waals surface area contributed by atoms with E-state index in [0.717, 1.165) is 5.92 Å². The van der Waals surface area contributed by atoms with E-state index in [-0.39, 0.29) is 0 Å². The van der Waals surface area contributed by atoms with Crippen LogP contribution in [0.4, 0.5) is 0 Å². The van der Waals surface area contributed by atoms with Gasteiger partial charge in [0, 0.05) is 12.1 Å². The Morgan fingerprint density at radius 3 is 2.87 bits per heavy atom. The van der Waals surface area contributed by atoms with Crippen LogP contribution >= 0.6 is 0 Å². The summed E-state index contributed by atoms with van der Waals surface area (Å²) in [6.45, 7) is 9.85. The van der Waals surface area contributed by atoms with Crippen LogP contribution in [-0.4, -0.2) is 36.6 Å². The number of piperidine rings is 2. The maximum atomic E-state index is 3.78. The Kier molecular flexibility index (Phi) is 3.68. The summed E-state index contributed by atoms with van der Waals surface area (Å²) in [6.07, 6.45) is 7.01. The average Bonchev–Trinajstić information content (AvgIpc) is 2.30. The van der Waals surface area contributed by atoms with E-state index in [2.05, 4.69) is 24.1 Å². The highest BCUT2D eigenvalue weighted by molar-refractivity contribution is 4.95. The van der Waals surface area contributed by atoms with Crippen LogP contribution in [0.25, 0.3) is 0 Å². The first kappa shape index (κ1) is 11.4. The van der Waals surface area contributed by atoms with Crippen LogP contribution in [0.2, 0.25) is 0 Å². The molecule has 88 valence electrons. The van der Waals surface area contributed by atoms with Gasteiger partial charge in [-0.25, -0.2) is 0 Å². The molecule has 0 aromatic heterocycles. The number of nitrogens with zero attached hydrogens (tertiary/aromatic N) is 1. The lowest BCUT2D eigenvalue weighted by atomic mass is 9.75. The molecular formula is C13H26N2. The van der Waals surface area contributed by atoms with Gasteiger partial charge in [0.05, 0.1) is 0 Å². The van der Waals surface area contributed by atoms with Gasteiger partial charge in [-0.15, -0.1) is 0 Å². The molecular weight excluding hydrogens is 184 g/mol. The maximum Gasteiger partial charge on any atom is 0.0193 e. The van der Waals surface area contributed by atoms with Crippen molar-refractivity contribution in [2.75, 3.05) is 26.2 Å². The topological polar surface area (TPSA) is 15.3 Å². The molecule has 2 nitrogen and oxygen atoms in total. The summed E-state index contributed by atoms with van der Waals surface area (Å²) < 4.78 is 0. The van der Waals surface area contributed by atoms with Crippen molar-refractivity contribution >= 4 is 0 Å². The zero-order chi connectivity index (χ0) is 10.7. The molecule has 2 rings (SSSR count). The Bertz CT molecular complexity index is 197. The first-order valence-corrected chi connectivity index (χ1v) is 6.72. The summed E-state index contributed by atoms with van der Waals surface area (Å²) in [5.74, 6) is 0.881. The largest absolute Gasteiger partial charge is 0.311 e. The van der Waals surface area contributed by atoms with Gasteiger partial charge in [-0.3, -0.25) is 0 Å². The molecule has 0 spiro atoms. The highest BCUT2D eigenvalue weighted by Crippen LogP contribution is 2.32. The lowest BCUT2D eigenvalue weighted by molar-refractivity contribution is 0.0890. The summed E-state index contributed by atoms with van der Waals surface area (Å²) in [5.41, 5.74) is 0.437. The fourth-order valence-corrected chi connectivity index (χ4v) is 3.29. The lowest BCUT2D eigenvalue weighted by Gasteiger charge is -2.46. The van der Waals surface area contributed by atoms with Gasteiger partial charge in [0.1, 0.15) is 0 Å². The molecule has 2 fully saturated rings. The van der Waals surface area contributed by atoms with Crippen molar-refractivity contribution in [3.05, 3.63) is 0 Å². The molecule has 2 unspecified atom stereocenters. The van der Waals surface area contributed by atoms with E-state index in [1.165, 1.54) is 58.3 Å². The van der Waals surface area contributed by atoms with E-state index < -0.39 is 0 Å². The van der Waals surface area contributed by atoms with Gasteiger partial charge in [-0.1, -0.05) is 13.3 Å². The smallest absolute Gasteiger partial charge is 0.0193 e. The van der Waals surface area contributed by atoms with Gasteiger partial charge in [-0.2, -0.15) is 0 Å². The molecule has 0 saturated carbocycles. The lowest BCUT2D eigenvalue weighted by Crippen LogP contribution is -2.56. The monoisotopic (exact) mass is 210 g/mol. The summed E-state index contributed by atoms with van der Waals surface area (Å²) in [4.78, 5) is 2.62. The molecule has 0 radical (unpaired) electrons. The van der Waals surface area contributed by atoms with Crippen LogP contribution in [0.5, 0.6) is 0 Å². The Labute approximate surface area is 94.4 Å². The first-order valence-electron chi connectivity index (χ1n) is 6.72. The van der Waals surface area contributed by atoms with E-state index in [9.17, 15) is 0 Å². The molecule has 0 bridgehead atoms. The molecule has 0 amide bonds. The summed E-state index contributed by atoms with van der Waals surface area (Å²) >= 11 is 0. The molecule has 2 heterocycles. The third kappa shape index (κ3) is 2.54. The third-order valence-corrected chi connectivity index (χ3v) is 4.51. The number of likely N-dealkylation sites (tertiary alicyclic amines) is 1. The van der Waals surface area contributed by atoms with Crippen molar-refractivity contribution in [2.45, 2.75) is 51.5 Å². The van der Waals surface area contributed by atoms with Crippen molar-refractivity contribution in [3.63, 3.8) is 0 Å². The van der Waals surface area contributed by atoms with Gasteiger partial charge in [0.2, 0.25) is 0 Å². The van der Waals surface area contributed by atoms with E-state index in [4.69, 9.17) is 0 Å². The van der Waals surface area contributed by atoms with Gasteiger partial charge in [0.25, 0.3) is 0 Å². The van der Waals surface area contributed by atoms with E-state index >= 15 is 0 Å². The SMILES string of the molecule is CCN1CCCC(C2(C)CCCCN2)C1. The first-order chi connectivity index (χ1) is 7.24.